The van der Waals surface area contributed by atoms with Gasteiger partial charge in [0.25, 0.3) is 5.91 Å². The molecular formula is C19H20Cl2N2O2S. The summed E-state index contributed by atoms with van der Waals surface area (Å²) in [6.07, 6.45) is 0.952. The van der Waals surface area contributed by atoms with Gasteiger partial charge in [0, 0.05) is 11.3 Å². The SMILES string of the molecule is CC(C)CCOc1cccc(C(=O)NC(=S)Nc2ccc(Cl)c(Cl)c2)c1. The van der Waals surface area contributed by atoms with Crippen LogP contribution in [0.25, 0.3) is 0 Å². The average molecular weight is 411 g/mol. The summed E-state index contributed by atoms with van der Waals surface area (Å²) in [5, 5.41) is 6.54. The second-order valence-electron chi connectivity index (χ2n) is 6.10. The molecule has 2 rings (SSSR count). The van der Waals surface area contributed by atoms with E-state index in [4.69, 9.17) is 40.2 Å². The van der Waals surface area contributed by atoms with E-state index in [1.54, 1.807) is 36.4 Å². The summed E-state index contributed by atoms with van der Waals surface area (Å²) in [4.78, 5) is 12.4. The molecule has 26 heavy (non-hydrogen) atoms. The zero-order valence-electron chi connectivity index (χ0n) is 14.5. The summed E-state index contributed by atoms with van der Waals surface area (Å²) >= 11 is 17.0. The summed E-state index contributed by atoms with van der Waals surface area (Å²) in [5.41, 5.74) is 1.10. The highest BCUT2D eigenvalue weighted by Gasteiger charge is 2.10. The van der Waals surface area contributed by atoms with Crippen molar-refractivity contribution >= 4 is 52.1 Å². The van der Waals surface area contributed by atoms with Crippen LogP contribution in [0.1, 0.15) is 30.6 Å². The van der Waals surface area contributed by atoms with Gasteiger partial charge in [0.15, 0.2) is 5.11 Å². The number of nitrogens with one attached hydrogen (secondary N) is 2. The second-order valence-corrected chi connectivity index (χ2v) is 7.32. The molecule has 0 spiro atoms. The molecule has 0 saturated heterocycles. The van der Waals surface area contributed by atoms with Crippen LogP contribution in [0.15, 0.2) is 42.5 Å². The molecule has 0 atom stereocenters. The Morgan fingerprint density at radius 3 is 2.62 bits per heavy atom. The minimum Gasteiger partial charge on any atom is -0.494 e. The summed E-state index contributed by atoms with van der Waals surface area (Å²) in [6, 6.07) is 12.0. The van der Waals surface area contributed by atoms with E-state index >= 15 is 0 Å². The summed E-state index contributed by atoms with van der Waals surface area (Å²) in [5.74, 6) is 0.893. The molecule has 2 N–H and O–H groups in total. The Labute approximate surface area is 168 Å². The lowest BCUT2D eigenvalue weighted by atomic mass is 10.1. The zero-order chi connectivity index (χ0) is 19.1. The van der Waals surface area contributed by atoms with Crippen molar-refractivity contribution in [2.45, 2.75) is 20.3 Å². The topological polar surface area (TPSA) is 50.4 Å². The third-order valence-corrected chi connectivity index (χ3v) is 4.41. The first kappa shape index (κ1) is 20.5. The van der Waals surface area contributed by atoms with Crippen LogP contribution in [0.4, 0.5) is 5.69 Å². The minimum absolute atomic E-state index is 0.166. The molecule has 2 aromatic carbocycles. The molecule has 0 bridgehead atoms. The minimum atomic E-state index is -0.322. The Balaban J connectivity index is 1.93. The van der Waals surface area contributed by atoms with Gasteiger partial charge in [-0.1, -0.05) is 43.1 Å². The largest absolute Gasteiger partial charge is 0.494 e. The van der Waals surface area contributed by atoms with Gasteiger partial charge in [0.1, 0.15) is 5.75 Å². The number of carbonyl (C=O) groups is 1. The molecule has 0 saturated carbocycles. The van der Waals surface area contributed by atoms with E-state index < -0.39 is 0 Å². The molecule has 4 nitrogen and oxygen atoms in total. The molecular weight excluding hydrogens is 391 g/mol. The van der Waals surface area contributed by atoms with Crippen molar-refractivity contribution in [3.8, 4) is 5.75 Å². The van der Waals surface area contributed by atoms with Gasteiger partial charge < -0.3 is 10.1 Å². The first-order valence-electron chi connectivity index (χ1n) is 8.15. The van der Waals surface area contributed by atoms with Crippen LogP contribution in [0.3, 0.4) is 0 Å². The van der Waals surface area contributed by atoms with Crippen LogP contribution in [0.2, 0.25) is 10.0 Å². The van der Waals surface area contributed by atoms with Gasteiger partial charge in [0.2, 0.25) is 0 Å². The van der Waals surface area contributed by atoms with Crippen molar-refractivity contribution in [1.82, 2.24) is 5.32 Å². The number of thiocarbonyl (C=S) groups is 1. The van der Waals surface area contributed by atoms with Crippen molar-refractivity contribution in [2.24, 2.45) is 5.92 Å². The lowest BCUT2D eigenvalue weighted by Crippen LogP contribution is -2.34. The Morgan fingerprint density at radius 1 is 1.15 bits per heavy atom. The fourth-order valence-corrected chi connectivity index (χ4v) is 2.56. The number of halogens is 2. The molecule has 0 aliphatic rings. The van der Waals surface area contributed by atoms with Gasteiger partial charge in [-0.15, -0.1) is 0 Å². The number of carbonyl (C=O) groups excluding carboxylic acids is 1. The lowest BCUT2D eigenvalue weighted by molar-refractivity contribution is 0.0977. The van der Waals surface area contributed by atoms with E-state index in [0.717, 1.165) is 6.42 Å². The normalized spacial score (nSPS) is 10.5. The number of anilines is 1. The maximum absolute atomic E-state index is 12.4. The van der Waals surface area contributed by atoms with Crippen LogP contribution in [-0.2, 0) is 0 Å². The smallest absolute Gasteiger partial charge is 0.257 e. The van der Waals surface area contributed by atoms with Crippen molar-refractivity contribution in [3.05, 3.63) is 58.1 Å². The van der Waals surface area contributed by atoms with Crippen LogP contribution in [0, 0.1) is 5.92 Å². The quantitative estimate of drug-likeness (QED) is 0.613. The standard InChI is InChI=1S/C19H20Cl2N2O2S/c1-12(2)8-9-25-15-5-3-4-13(10-15)18(24)23-19(26)22-14-6-7-16(20)17(21)11-14/h3-7,10-12H,8-9H2,1-2H3,(H2,22,23,24,26). The molecule has 138 valence electrons. The van der Waals surface area contributed by atoms with Gasteiger partial charge in [-0.2, -0.15) is 0 Å². The van der Waals surface area contributed by atoms with Gasteiger partial charge in [-0.25, -0.2) is 0 Å². The molecule has 7 heteroatoms. The molecule has 0 radical (unpaired) electrons. The van der Waals surface area contributed by atoms with Crippen LogP contribution in [0.5, 0.6) is 5.75 Å². The van der Waals surface area contributed by atoms with E-state index in [2.05, 4.69) is 24.5 Å². The van der Waals surface area contributed by atoms with Gasteiger partial charge in [-0.05, 0) is 61.0 Å². The fraction of sp³-hybridized carbons (Fsp3) is 0.263. The van der Waals surface area contributed by atoms with Crippen molar-refractivity contribution in [1.29, 1.82) is 0 Å². The summed E-state index contributed by atoms with van der Waals surface area (Å²) in [7, 11) is 0. The molecule has 0 fully saturated rings. The van der Waals surface area contributed by atoms with E-state index in [1.807, 2.05) is 6.07 Å². The van der Waals surface area contributed by atoms with Crippen molar-refractivity contribution in [2.75, 3.05) is 11.9 Å². The Morgan fingerprint density at radius 2 is 1.92 bits per heavy atom. The van der Waals surface area contributed by atoms with Gasteiger partial charge in [-0.3, -0.25) is 10.1 Å². The molecule has 0 heterocycles. The van der Waals surface area contributed by atoms with Crippen molar-refractivity contribution in [3.63, 3.8) is 0 Å². The highest BCUT2D eigenvalue weighted by molar-refractivity contribution is 7.80. The van der Waals surface area contributed by atoms with Crippen molar-refractivity contribution < 1.29 is 9.53 Å². The Hall–Kier alpha value is -1.82. The average Bonchev–Trinajstić information content (AvgIpc) is 2.58. The second kappa shape index (κ2) is 9.76. The highest BCUT2D eigenvalue weighted by Crippen LogP contribution is 2.25. The van der Waals surface area contributed by atoms with E-state index in [9.17, 15) is 4.79 Å². The molecule has 1 amide bonds. The number of rotatable bonds is 6. The van der Waals surface area contributed by atoms with Gasteiger partial charge >= 0.3 is 0 Å². The number of benzene rings is 2. The lowest BCUT2D eigenvalue weighted by Gasteiger charge is -2.12. The molecule has 0 aliphatic heterocycles. The maximum atomic E-state index is 12.4. The third kappa shape index (κ3) is 6.48. The number of hydrogen-bond donors (Lipinski definition) is 2. The maximum Gasteiger partial charge on any atom is 0.257 e. The Bertz CT molecular complexity index is 797. The molecule has 2 aromatic rings. The first-order chi connectivity index (χ1) is 12.3. The summed E-state index contributed by atoms with van der Waals surface area (Å²) < 4.78 is 5.68. The van der Waals surface area contributed by atoms with E-state index in [1.165, 1.54) is 0 Å². The van der Waals surface area contributed by atoms with Crippen LogP contribution < -0.4 is 15.4 Å². The van der Waals surface area contributed by atoms with Crippen LogP contribution >= 0.6 is 35.4 Å². The van der Waals surface area contributed by atoms with Gasteiger partial charge in [0.05, 0.1) is 16.7 Å². The van der Waals surface area contributed by atoms with E-state index in [-0.39, 0.29) is 11.0 Å². The van der Waals surface area contributed by atoms with E-state index in [0.29, 0.717) is 39.6 Å². The number of amides is 1. The number of ether oxygens (including phenoxy) is 1. The predicted molar refractivity (Wildman–Crippen MR) is 112 cm³/mol. The number of hydrogen-bond acceptors (Lipinski definition) is 3. The monoisotopic (exact) mass is 410 g/mol. The molecule has 0 aromatic heterocycles. The molecule has 0 unspecified atom stereocenters. The zero-order valence-corrected chi connectivity index (χ0v) is 16.8. The Kier molecular flexibility index (Phi) is 7.69. The highest BCUT2D eigenvalue weighted by atomic mass is 35.5. The van der Waals surface area contributed by atoms with Crippen LogP contribution in [-0.4, -0.2) is 17.6 Å². The molecule has 0 aliphatic carbocycles. The summed E-state index contributed by atoms with van der Waals surface area (Å²) in [6.45, 7) is 4.88. The predicted octanol–water partition coefficient (Wildman–Crippen LogP) is 5.55. The fourth-order valence-electron chi connectivity index (χ4n) is 2.05. The first-order valence-corrected chi connectivity index (χ1v) is 9.32. The third-order valence-electron chi connectivity index (χ3n) is 3.46.